The van der Waals surface area contributed by atoms with Crippen LogP contribution in [-0.4, -0.2) is 23.5 Å². The minimum Gasteiger partial charge on any atom is -0.298 e. The van der Waals surface area contributed by atoms with Crippen molar-refractivity contribution in [3.8, 4) is 0 Å². The van der Waals surface area contributed by atoms with Crippen molar-refractivity contribution in [2.24, 2.45) is 17.3 Å². The predicted octanol–water partition coefficient (Wildman–Crippen LogP) is 3.15. The van der Waals surface area contributed by atoms with E-state index in [1.807, 2.05) is 0 Å². The fraction of sp³-hybridized carbons (Fsp3) is 1.00. The molecule has 0 spiro atoms. The molecule has 0 N–H and O–H groups in total. The first kappa shape index (κ1) is 10.5. The van der Waals surface area contributed by atoms with Crippen LogP contribution in [0.3, 0.4) is 0 Å². The summed E-state index contributed by atoms with van der Waals surface area (Å²) in [7, 11) is 0. The summed E-state index contributed by atoms with van der Waals surface area (Å²) in [6.45, 7) is 14.7. The molecule has 1 nitrogen and oxygen atoms in total. The van der Waals surface area contributed by atoms with Crippen molar-refractivity contribution in [2.75, 3.05) is 13.1 Å². The molecule has 1 aliphatic carbocycles. The molecular formula is C13H25N. The molecule has 2 fully saturated rings. The van der Waals surface area contributed by atoms with Gasteiger partial charge in [-0.25, -0.2) is 0 Å². The maximum absolute atomic E-state index is 2.70. The Morgan fingerprint density at radius 1 is 1.00 bits per heavy atom. The molecule has 14 heavy (non-hydrogen) atoms. The zero-order chi connectivity index (χ0) is 10.6. The van der Waals surface area contributed by atoms with Gasteiger partial charge in [0.25, 0.3) is 0 Å². The summed E-state index contributed by atoms with van der Waals surface area (Å²) < 4.78 is 0. The smallest absolute Gasteiger partial charge is 0.0125 e. The van der Waals surface area contributed by atoms with Gasteiger partial charge in [0.1, 0.15) is 0 Å². The third kappa shape index (κ3) is 1.50. The van der Waals surface area contributed by atoms with Gasteiger partial charge in [-0.3, -0.25) is 4.90 Å². The number of likely N-dealkylation sites (tertiary alicyclic amines) is 1. The Labute approximate surface area is 88.9 Å². The van der Waals surface area contributed by atoms with Crippen LogP contribution < -0.4 is 0 Å². The standard InChI is InChI=1S/C13H25N/c1-12(2,3)14-8-10-6-7-11(9-14)13(10,4)5/h10-11H,6-9H2,1-5H3/t10-,11+. The van der Waals surface area contributed by atoms with Gasteiger partial charge in [0.2, 0.25) is 0 Å². The number of fused-ring (bicyclic) bond motifs is 2. The third-order valence-corrected chi connectivity index (χ3v) is 4.80. The SMILES string of the molecule is CC1(C)[C@@H]2CC[C@H]1CN(C(C)(C)C)C2. The highest BCUT2D eigenvalue weighted by atomic mass is 15.2. The average Bonchev–Trinajstić information content (AvgIpc) is 2.25. The summed E-state index contributed by atoms with van der Waals surface area (Å²) in [5, 5.41) is 0. The van der Waals surface area contributed by atoms with Crippen LogP contribution in [-0.2, 0) is 0 Å². The van der Waals surface area contributed by atoms with E-state index in [0.29, 0.717) is 11.0 Å². The molecule has 82 valence electrons. The van der Waals surface area contributed by atoms with Crippen molar-refractivity contribution in [2.45, 2.75) is 53.0 Å². The van der Waals surface area contributed by atoms with Crippen LogP contribution in [0.5, 0.6) is 0 Å². The lowest BCUT2D eigenvalue weighted by Gasteiger charge is -2.48. The minimum atomic E-state index is 0.372. The first-order valence-corrected chi connectivity index (χ1v) is 6.07. The Hall–Kier alpha value is -0.0400. The zero-order valence-electron chi connectivity index (χ0n) is 10.4. The van der Waals surface area contributed by atoms with Crippen LogP contribution in [0.1, 0.15) is 47.5 Å². The molecule has 0 unspecified atom stereocenters. The molecule has 0 aromatic heterocycles. The van der Waals surface area contributed by atoms with Gasteiger partial charge in [0.05, 0.1) is 0 Å². The molecule has 2 atom stereocenters. The highest BCUT2D eigenvalue weighted by molar-refractivity contribution is 5.00. The molecule has 2 bridgehead atoms. The first-order chi connectivity index (χ1) is 6.32. The van der Waals surface area contributed by atoms with E-state index in [4.69, 9.17) is 0 Å². The van der Waals surface area contributed by atoms with E-state index in [1.165, 1.54) is 25.9 Å². The third-order valence-electron chi connectivity index (χ3n) is 4.80. The number of hydrogen-bond donors (Lipinski definition) is 0. The Morgan fingerprint density at radius 2 is 1.43 bits per heavy atom. The highest BCUT2D eigenvalue weighted by Gasteiger charge is 2.49. The van der Waals surface area contributed by atoms with E-state index in [9.17, 15) is 0 Å². The average molecular weight is 195 g/mol. The molecule has 1 aliphatic heterocycles. The van der Waals surface area contributed by atoms with Gasteiger partial charge >= 0.3 is 0 Å². The van der Waals surface area contributed by atoms with Gasteiger partial charge in [0.15, 0.2) is 0 Å². The van der Waals surface area contributed by atoms with Gasteiger partial charge in [-0.1, -0.05) is 13.8 Å². The van der Waals surface area contributed by atoms with Crippen LogP contribution in [0, 0.1) is 17.3 Å². The quantitative estimate of drug-likeness (QED) is 0.574. The molecular weight excluding hydrogens is 170 g/mol. The summed E-state index contributed by atoms with van der Waals surface area (Å²) in [5.74, 6) is 1.89. The molecule has 1 saturated heterocycles. The minimum absolute atomic E-state index is 0.372. The first-order valence-electron chi connectivity index (χ1n) is 6.07. The number of rotatable bonds is 0. The van der Waals surface area contributed by atoms with E-state index < -0.39 is 0 Å². The maximum Gasteiger partial charge on any atom is 0.0125 e. The monoisotopic (exact) mass is 195 g/mol. The number of nitrogens with zero attached hydrogens (tertiary/aromatic N) is 1. The molecule has 0 aromatic carbocycles. The Bertz CT molecular complexity index is 208. The summed E-state index contributed by atoms with van der Waals surface area (Å²) >= 11 is 0. The second-order valence-electron chi connectivity index (χ2n) is 6.87. The number of hydrogen-bond acceptors (Lipinski definition) is 1. The van der Waals surface area contributed by atoms with Gasteiger partial charge in [-0.2, -0.15) is 0 Å². The normalized spacial score (nSPS) is 37.5. The van der Waals surface area contributed by atoms with Crippen molar-refractivity contribution in [1.29, 1.82) is 0 Å². The Balaban J connectivity index is 2.14. The number of piperidine rings is 1. The van der Waals surface area contributed by atoms with Crippen molar-refractivity contribution < 1.29 is 0 Å². The van der Waals surface area contributed by atoms with E-state index in [2.05, 4.69) is 39.5 Å². The van der Waals surface area contributed by atoms with Gasteiger partial charge < -0.3 is 0 Å². The molecule has 1 heterocycles. The van der Waals surface area contributed by atoms with E-state index in [1.54, 1.807) is 0 Å². The molecule has 2 aliphatic rings. The largest absolute Gasteiger partial charge is 0.298 e. The summed E-state index contributed by atoms with van der Waals surface area (Å²) in [5.41, 5.74) is 0.985. The fourth-order valence-electron chi connectivity index (χ4n) is 3.29. The molecule has 1 heteroatoms. The van der Waals surface area contributed by atoms with E-state index in [0.717, 1.165) is 11.8 Å². The molecule has 2 rings (SSSR count). The zero-order valence-corrected chi connectivity index (χ0v) is 10.4. The van der Waals surface area contributed by atoms with E-state index in [-0.39, 0.29) is 0 Å². The maximum atomic E-state index is 2.70. The van der Waals surface area contributed by atoms with Gasteiger partial charge in [-0.15, -0.1) is 0 Å². The van der Waals surface area contributed by atoms with Gasteiger partial charge in [0, 0.05) is 18.6 Å². The van der Waals surface area contributed by atoms with Crippen molar-refractivity contribution >= 4 is 0 Å². The molecule has 0 radical (unpaired) electrons. The molecule has 1 saturated carbocycles. The predicted molar refractivity (Wildman–Crippen MR) is 61.3 cm³/mol. The van der Waals surface area contributed by atoms with Crippen LogP contribution in [0.2, 0.25) is 0 Å². The lowest BCUT2D eigenvalue weighted by molar-refractivity contribution is -0.00122. The lowest BCUT2D eigenvalue weighted by Crippen LogP contribution is -2.53. The van der Waals surface area contributed by atoms with Crippen molar-refractivity contribution in [3.63, 3.8) is 0 Å². The van der Waals surface area contributed by atoms with Gasteiger partial charge in [-0.05, 0) is 50.9 Å². The summed E-state index contributed by atoms with van der Waals surface area (Å²) in [6, 6.07) is 0. The van der Waals surface area contributed by atoms with Crippen LogP contribution in [0.4, 0.5) is 0 Å². The van der Waals surface area contributed by atoms with Crippen LogP contribution in [0.15, 0.2) is 0 Å². The van der Waals surface area contributed by atoms with Crippen molar-refractivity contribution in [1.82, 2.24) is 4.90 Å². The second-order valence-corrected chi connectivity index (χ2v) is 6.87. The molecule has 0 amide bonds. The lowest BCUT2D eigenvalue weighted by atomic mass is 9.72. The Morgan fingerprint density at radius 3 is 1.79 bits per heavy atom. The van der Waals surface area contributed by atoms with E-state index >= 15 is 0 Å². The molecule has 0 aromatic rings. The Kier molecular flexibility index (Phi) is 2.23. The summed E-state index contributed by atoms with van der Waals surface area (Å²) in [6.07, 6.45) is 2.93. The van der Waals surface area contributed by atoms with Crippen LogP contribution >= 0.6 is 0 Å². The topological polar surface area (TPSA) is 3.24 Å². The fourth-order valence-corrected chi connectivity index (χ4v) is 3.29. The summed E-state index contributed by atoms with van der Waals surface area (Å²) in [4.78, 5) is 2.70. The second kappa shape index (κ2) is 2.98. The van der Waals surface area contributed by atoms with Crippen LogP contribution in [0.25, 0.3) is 0 Å². The van der Waals surface area contributed by atoms with Crippen molar-refractivity contribution in [3.05, 3.63) is 0 Å². The highest BCUT2D eigenvalue weighted by Crippen LogP contribution is 2.51.